The number of isocyanates is 2. The van der Waals surface area contributed by atoms with E-state index in [0.717, 1.165) is 98.4 Å². The van der Waals surface area contributed by atoms with Crippen LogP contribution in [0.5, 0.6) is 0 Å². The molecule has 1 N–H and O–H groups in total. The third kappa shape index (κ3) is 16.0. The molecule has 0 bridgehead atoms. The van der Waals surface area contributed by atoms with Crippen LogP contribution in [0.15, 0.2) is 107 Å². The van der Waals surface area contributed by atoms with Crippen LogP contribution in [-0.4, -0.2) is 37.4 Å². The molecule has 4 rings (SSSR count). The van der Waals surface area contributed by atoms with Crippen molar-refractivity contribution in [2.24, 2.45) is 15.4 Å². The number of carbonyl (C=O) groups is 2. The van der Waals surface area contributed by atoms with Crippen LogP contribution in [0.2, 0.25) is 0 Å². The summed E-state index contributed by atoms with van der Waals surface area (Å²) in [5.74, 6) is -0.198. The van der Waals surface area contributed by atoms with Crippen molar-refractivity contribution in [2.75, 3.05) is 18.5 Å². The minimum atomic E-state index is -0.445. The Morgan fingerprint density at radius 3 is 1.46 bits per heavy atom. The van der Waals surface area contributed by atoms with Crippen LogP contribution in [0.4, 0.5) is 21.9 Å². The summed E-state index contributed by atoms with van der Waals surface area (Å²) in [4.78, 5) is 52.6. The third-order valence-corrected chi connectivity index (χ3v) is 9.35. The lowest BCUT2D eigenvalue weighted by atomic mass is 9.82. The highest BCUT2D eigenvalue weighted by Crippen LogP contribution is 2.30. The van der Waals surface area contributed by atoms with Gasteiger partial charge in [-0.15, -0.1) is 0 Å². The van der Waals surface area contributed by atoms with Crippen molar-refractivity contribution in [3.63, 3.8) is 0 Å². The number of anilines is 1. The molecule has 1 amide bonds. The van der Waals surface area contributed by atoms with Crippen molar-refractivity contribution in [3.05, 3.63) is 125 Å². The van der Waals surface area contributed by atoms with Crippen LogP contribution in [0, 0.1) is 5.41 Å². The van der Waals surface area contributed by atoms with Crippen LogP contribution in [0.1, 0.15) is 99.5 Å². The number of benzene rings is 4. The van der Waals surface area contributed by atoms with Gasteiger partial charge in [0.05, 0.1) is 31.0 Å². The SMILES string of the molecule is CC(C)(CCCCCCOC(=O)Cc1ccc(Cc2ccc(N=C=O)cc2)cc1)CCCCCOC(=O)Nc1ccc(Cc2ccc(N=C=O)cc2)cc1. The van der Waals surface area contributed by atoms with E-state index in [1.54, 1.807) is 36.4 Å². The number of aliphatic imine (C=N–C) groups is 2. The lowest BCUT2D eigenvalue weighted by Gasteiger charge is -2.24. The molecule has 0 aliphatic rings. The molecule has 9 nitrogen and oxygen atoms in total. The fourth-order valence-electron chi connectivity index (χ4n) is 6.22. The molecule has 0 spiro atoms. The monoisotopic (exact) mass is 729 g/mol. The van der Waals surface area contributed by atoms with E-state index >= 15 is 0 Å². The van der Waals surface area contributed by atoms with Crippen LogP contribution in [0.25, 0.3) is 0 Å². The summed E-state index contributed by atoms with van der Waals surface area (Å²) in [6.45, 7) is 5.49. The highest BCUT2D eigenvalue weighted by Gasteiger charge is 2.17. The van der Waals surface area contributed by atoms with E-state index in [-0.39, 0.29) is 17.8 Å². The Kier molecular flexibility index (Phi) is 17.1. The summed E-state index contributed by atoms with van der Waals surface area (Å²) < 4.78 is 10.9. The van der Waals surface area contributed by atoms with Crippen LogP contribution < -0.4 is 5.32 Å². The average Bonchev–Trinajstić information content (AvgIpc) is 3.16. The number of amides is 1. The second-order valence-corrected chi connectivity index (χ2v) is 14.4. The maximum atomic E-state index is 12.4. The number of nitrogens with zero attached hydrogens (tertiary/aromatic N) is 2. The maximum Gasteiger partial charge on any atom is 0.411 e. The molecule has 0 saturated heterocycles. The van der Waals surface area contributed by atoms with Crippen molar-refractivity contribution in [1.82, 2.24) is 0 Å². The summed E-state index contributed by atoms with van der Waals surface area (Å²) in [7, 11) is 0. The van der Waals surface area contributed by atoms with Crippen molar-refractivity contribution >= 4 is 41.3 Å². The minimum absolute atomic E-state index is 0.198. The van der Waals surface area contributed by atoms with Gasteiger partial charge in [-0.25, -0.2) is 14.4 Å². The summed E-state index contributed by atoms with van der Waals surface area (Å²) >= 11 is 0. The number of carbonyl (C=O) groups excluding carboxylic acids is 4. The molecule has 0 atom stereocenters. The average molecular weight is 730 g/mol. The van der Waals surface area contributed by atoms with E-state index in [1.807, 2.05) is 72.8 Å². The number of ether oxygens (including phenoxy) is 2. The molecule has 4 aromatic carbocycles. The highest BCUT2D eigenvalue weighted by molar-refractivity contribution is 5.84. The largest absolute Gasteiger partial charge is 0.465 e. The summed E-state index contributed by atoms with van der Waals surface area (Å²) in [5.41, 5.74) is 7.49. The van der Waals surface area contributed by atoms with Gasteiger partial charge in [-0.1, -0.05) is 107 Å². The molecule has 9 heteroatoms. The molecule has 0 fully saturated rings. The van der Waals surface area contributed by atoms with Crippen molar-refractivity contribution < 1.29 is 28.7 Å². The van der Waals surface area contributed by atoms with Gasteiger partial charge in [0.2, 0.25) is 12.2 Å². The Hall–Kier alpha value is -5.62. The van der Waals surface area contributed by atoms with Crippen molar-refractivity contribution in [1.29, 1.82) is 0 Å². The number of hydrogen-bond acceptors (Lipinski definition) is 8. The quantitative estimate of drug-likeness (QED) is 0.0372. The van der Waals surface area contributed by atoms with Gasteiger partial charge in [-0.3, -0.25) is 10.1 Å². The molecule has 0 heterocycles. The topological polar surface area (TPSA) is 123 Å². The Labute approximate surface area is 318 Å². The first-order valence-corrected chi connectivity index (χ1v) is 18.8. The molecule has 0 aliphatic heterocycles. The summed E-state index contributed by atoms with van der Waals surface area (Å²) in [6.07, 6.45) is 13.8. The Balaban J connectivity index is 0.976. The van der Waals surface area contributed by atoms with Crippen LogP contribution in [-0.2, 0) is 43.1 Å². The molecular weight excluding hydrogens is 679 g/mol. The third-order valence-electron chi connectivity index (χ3n) is 9.35. The summed E-state index contributed by atoms with van der Waals surface area (Å²) in [6, 6.07) is 30.5. The Bertz CT molecular complexity index is 1840. The molecule has 0 radical (unpaired) electrons. The standard InChI is InChI=1S/C45H51N3O6/c1-45(2,27-7-5-9-29-54-44(52)48-42-24-18-38(19-25-42)31-37-16-22-41(23-17-37)47-34-50)26-6-3-4-8-28-53-43(51)32-39-12-10-35(11-13-39)30-36-14-20-40(21-15-36)46-33-49/h10-25H,3-9,26-32H2,1-2H3,(H,48,52). The maximum absolute atomic E-state index is 12.4. The Morgan fingerprint density at radius 1 is 0.556 bits per heavy atom. The minimum Gasteiger partial charge on any atom is -0.465 e. The zero-order chi connectivity index (χ0) is 38.4. The van der Waals surface area contributed by atoms with E-state index in [0.29, 0.717) is 30.3 Å². The fraction of sp³-hybridized carbons (Fsp3) is 0.378. The number of unbranched alkanes of at least 4 members (excludes halogenated alkanes) is 5. The van der Waals surface area contributed by atoms with Crippen LogP contribution in [0.3, 0.4) is 0 Å². The normalized spacial score (nSPS) is 10.9. The van der Waals surface area contributed by atoms with E-state index in [4.69, 9.17) is 9.47 Å². The summed E-state index contributed by atoms with van der Waals surface area (Å²) in [5, 5.41) is 2.79. The van der Waals surface area contributed by atoms with E-state index in [1.165, 1.54) is 0 Å². The molecule has 4 aromatic rings. The molecular formula is C45H51N3O6. The second-order valence-electron chi connectivity index (χ2n) is 14.4. The molecule has 0 aliphatic carbocycles. The van der Waals surface area contributed by atoms with Gasteiger partial charge in [-0.2, -0.15) is 9.98 Å². The predicted octanol–water partition coefficient (Wildman–Crippen LogP) is 10.7. The van der Waals surface area contributed by atoms with Gasteiger partial charge in [-0.05, 0) is 108 Å². The van der Waals surface area contributed by atoms with Gasteiger partial charge < -0.3 is 9.47 Å². The molecule has 0 saturated carbocycles. The molecule has 54 heavy (non-hydrogen) atoms. The first-order chi connectivity index (χ1) is 26.2. The predicted molar refractivity (Wildman–Crippen MR) is 212 cm³/mol. The number of rotatable bonds is 22. The number of esters is 1. The molecule has 0 unspecified atom stereocenters. The smallest absolute Gasteiger partial charge is 0.411 e. The zero-order valence-electron chi connectivity index (χ0n) is 31.5. The van der Waals surface area contributed by atoms with Gasteiger partial charge in [0.1, 0.15) is 0 Å². The van der Waals surface area contributed by atoms with Gasteiger partial charge in [0.25, 0.3) is 0 Å². The zero-order valence-corrected chi connectivity index (χ0v) is 31.5. The Morgan fingerprint density at radius 2 is 0.963 bits per heavy atom. The fourth-order valence-corrected chi connectivity index (χ4v) is 6.22. The molecule has 282 valence electrons. The van der Waals surface area contributed by atoms with Gasteiger partial charge in [0.15, 0.2) is 0 Å². The second kappa shape index (κ2) is 22.4. The van der Waals surface area contributed by atoms with Crippen molar-refractivity contribution in [2.45, 2.75) is 90.9 Å². The van der Waals surface area contributed by atoms with E-state index in [2.05, 4.69) is 29.1 Å². The highest BCUT2D eigenvalue weighted by atomic mass is 16.5. The molecule has 0 aromatic heterocycles. The number of hydrogen-bond donors (Lipinski definition) is 1. The first kappa shape index (κ1) is 41.1. The first-order valence-electron chi connectivity index (χ1n) is 18.8. The lowest BCUT2D eigenvalue weighted by molar-refractivity contribution is -0.142. The van der Waals surface area contributed by atoms with Crippen molar-refractivity contribution in [3.8, 4) is 0 Å². The lowest BCUT2D eigenvalue weighted by Crippen LogP contribution is -2.14. The van der Waals surface area contributed by atoms with Gasteiger partial charge in [0, 0.05) is 5.69 Å². The van der Waals surface area contributed by atoms with Gasteiger partial charge >= 0.3 is 12.1 Å². The van der Waals surface area contributed by atoms with Crippen LogP contribution >= 0.6 is 0 Å². The number of nitrogens with one attached hydrogen (secondary N) is 1. The van der Waals surface area contributed by atoms with E-state index in [9.17, 15) is 19.2 Å². The van der Waals surface area contributed by atoms with E-state index < -0.39 is 6.09 Å².